The summed E-state index contributed by atoms with van der Waals surface area (Å²) < 4.78 is 0. The van der Waals surface area contributed by atoms with Crippen LogP contribution in [0.3, 0.4) is 0 Å². The minimum absolute atomic E-state index is 0.119. The Morgan fingerprint density at radius 2 is 2.44 bits per heavy atom. The number of anilines is 1. The summed E-state index contributed by atoms with van der Waals surface area (Å²) in [5, 5.41) is 10.9. The van der Waals surface area contributed by atoms with E-state index >= 15 is 0 Å². The van der Waals surface area contributed by atoms with Gasteiger partial charge in [0.1, 0.15) is 11.5 Å². The molecular formula is C10H13N5O2S. The van der Waals surface area contributed by atoms with Gasteiger partial charge in [-0.25, -0.2) is 9.97 Å². The zero-order chi connectivity index (χ0) is 13.0. The van der Waals surface area contributed by atoms with Crippen molar-refractivity contribution in [1.29, 1.82) is 0 Å². The van der Waals surface area contributed by atoms with Crippen LogP contribution in [0.5, 0.6) is 0 Å². The number of aliphatic hydroxyl groups excluding tert-OH is 1. The van der Waals surface area contributed by atoms with E-state index in [1.165, 1.54) is 16.2 Å². The summed E-state index contributed by atoms with van der Waals surface area (Å²) >= 11 is 1.21. The Balaban J connectivity index is 2.11. The fraction of sp³-hybridized carbons (Fsp3) is 0.300. The van der Waals surface area contributed by atoms with E-state index < -0.39 is 0 Å². The number of carbonyl (C=O) groups is 1. The molecule has 0 spiro atoms. The van der Waals surface area contributed by atoms with Crippen LogP contribution in [0.2, 0.25) is 0 Å². The number of aromatic amines is 1. The number of nitrogen functional groups attached to an aromatic ring is 1. The molecule has 0 saturated carbocycles. The molecule has 0 bridgehead atoms. The molecule has 2 heterocycles. The first-order chi connectivity index (χ1) is 8.70. The van der Waals surface area contributed by atoms with Crippen LogP contribution in [-0.2, 0) is 6.54 Å². The lowest BCUT2D eigenvalue weighted by Gasteiger charge is -2.19. The predicted molar refractivity (Wildman–Crippen MR) is 66.9 cm³/mol. The van der Waals surface area contributed by atoms with Crippen molar-refractivity contribution in [1.82, 2.24) is 19.9 Å². The average molecular weight is 267 g/mol. The maximum absolute atomic E-state index is 12.1. The number of aromatic nitrogens is 3. The van der Waals surface area contributed by atoms with Gasteiger partial charge in [-0.3, -0.25) is 4.79 Å². The number of thiazole rings is 1. The molecule has 0 fully saturated rings. The maximum atomic E-state index is 12.1. The van der Waals surface area contributed by atoms with Gasteiger partial charge in [-0.05, 0) is 0 Å². The average Bonchev–Trinajstić information content (AvgIpc) is 2.99. The summed E-state index contributed by atoms with van der Waals surface area (Å²) in [6.45, 7) is 0.396. The molecule has 7 nitrogen and oxygen atoms in total. The summed E-state index contributed by atoms with van der Waals surface area (Å²) in [5.74, 6) is 0.383. The molecule has 0 aliphatic heterocycles. The fourth-order valence-corrected chi connectivity index (χ4v) is 2.02. The summed E-state index contributed by atoms with van der Waals surface area (Å²) in [4.78, 5) is 24.5. The lowest BCUT2D eigenvalue weighted by molar-refractivity contribution is 0.0698. The van der Waals surface area contributed by atoms with E-state index in [2.05, 4.69) is 15.0 Å². The summed E-state index contributed by atoms with van der Waals surface area (Å²) in [6.07, 6.45) is 3.29. The molecule has 2 rings (SSSR count). The number of rotatable bonds is 5. The molecule has 96 valence electrons. The molecule has 2 aromatic heterocycles. The van der Waals surface area contributed by atoms with Gasteiger partial charge in [-0.15, -0.1) is 11.3 Å². The number of nitrogens with two attached hydrogens (primary N) is 1. The van der Waals surface area contributed by atoms with Crippen LogP contribution >= 0.6 is 11.3 Å². The second-order valence-corrected chi connectivity index (χ2v) is 4.45. The topological polar surface area (TPSA) is 108 Å². The van der Waals surface area contributed by atoms with Gasteiger partial charge in [0.15, 0.2) is 5.13 Å². The number of amides is 1. The number of hydrogen-bond donors (Lipinski definition) is 3. The lowest BCUT2D eigenvalue weighted by atomic mass is 10.3. The summed E-state index contributed by atoms with van der Waals surface area (Å²) in [5.41, 5.74) is 5.78. The standard InChI is InChI=1S/C10H13N5O2S/c11-10-14-7(6-18-10)9(17)15(3-4-16)5-8-12-1-2-13-8/h1-2,6,16H,3-5H2,(H2,11,14)(H,12,13). The minimum Gasteiger partial charge on any atom is -0.395 e. The molecule has 2 aromatic rings. The molecule has 0 radical (unpaired) electrons. The maximum Gasteiger partial charge on any atom is 0.273 e. The van der Waals surface area contributed by atoms with Gasteiger partial charge in [-0.2, -0.15) is 0 Å². The highest BCUT2D eigenvalue weighted by Crippen LogP contribution is 2.14. The molecule has 0 aliphatic carbocycles. The van der Waals surface area contributed by atoms with Gasteiger partial charge in [0.05, 0.1) is 13.2 Å². The first kappa shape index (κ1) is 12.5. The number of carbonyl (C=O) groups excluding carboxylic acids is 1. The highest BCUT2D eigenvalue weighted by atomic mass is 32.1. The predicted octanol–water partition coefficient (Wildman–Crippen LogP) is 0.0831. The molecule has 0 aliphatic rings. The van der Waals surface area contributed by atoms with E-state index in [9.17, 15) is 4.79 Å². The van der Waals surface area contributed by atoms with E-state index in [0.717, 1.165) is 0 Å². The van der Waals surface area contributed by atoms with Crippen LogP contribution < -0.4 is 5.73 Å². The Hall–Kier alpha value is -1.93. The van der Waals surface area contributed by atoms with E-state index in [1.54, 1.807) is 17.8 Å². The van der Waals surface area contributed by atoms with Crippen molar-refractivity contribution in [3.8, 4) is 0 Å². The van der Waals surface area contributed by atoms with Crippen LogP contribution in [0.25, 0.3) is 0 Å². The SMILES string of the molecule is Nc1nc(C(=O)N(CCO)Cc2ncc[nH]2)cs1. The Labute approximate surface area is 107 Å². The molecular weight excluding hydrogens is 254 g/mol. The molecule has 0 unspecified atom stereocenters. The van der Waals surface area contributed by atoms with Crippen molar-refractivity contribution in [3.05, 3.63) is 29.3 Å². The van der Waals surface area contributed by atoms with Gasteiger partial charge in [-0.1, -0.05) is 0 Å². The number of hydrogen-bond acceptors (Lipinski definition) is 6. The van der Waals surface area contributed by atoms with E-state index in [0.29, 0.717) is 17.5 Å². The van der Waals surface area contributed by atoms with E-state index in [4.69, 9.17) is 10.8 Å². The molecule has 18 heavy (non-hydrogen) atoms. The zero-order valence-electron chi connectivity index (χ0n) is 9.54. The van der Waals surface area contributed by atoms with Gasteiger partial charge >= 0.3 is 0 Å². The van der Waals surface area contributed by atoms with Crippen molar-refractivity contribution < 1.29 is 9.90 Å². The van der Waals surface area contributed by atoms with Crippen molar-refractivity contribution in [2.24, 2.45) is 0 Å². The quantitative estimate of drug-likeness (QED) is 0.711. The van der Waals surface area contributed by atoms with E-state index in [-0.39, 0.29) is 24.8 Å². The fourth-order valence-electron chi connectivity index (χ4n) is 1.49. The zero-order valence-corrected chi connectivity index (χ0v) is 10.4. The van der Waals surface area contributed by atoms with Crippen molar-refractivity contribution in [2.75, 3.05) is 18.9 Å². The van der Waals surface area contributed by atoms with Gasteiger partial charge in [0.2, 0.25) is 0 Å². The first-order valence-electron chi connectivity index (χ1n) is 5.30. The van der Waals surface area contributed by atoms with Crippen molar-refractivity contribution in [3.63, 3.8) is 0 Å². The Morgan fingerprint density at radius 1 is 1.61 bits per heavy atom. The largest absolute Gasteiger partial charge is 0.395 e. The summed E-state index contributed by atoms with van der Waals surface area (Å²) in [6, 6.07) is 0. The smallest absolute Gasteiger partial charge is 0.273 e. The Kier molecular flexibility index (Phi) is 3.90. The third-order valence-electron chi connectivity index (χ3n) is 2.29. The van der Waals surface area contributed by atoms with Crippen LogP contribution in [0.15, 0.2) is 17.8 Å². The third-order valence-corrected chi connectivity index (χ3v) is 2.97. The molecule has 4 N–H and O–H groups in total. The number of H-pyrrole nitrogens is 1. The number of aliphatic hydroxyl groups is 1. The number of imidazole rings is 1. The molecule has 8 heteroatoms. The Bertz CT molecular complexity index is 510. The van der Waals surface area contributed by atoms with Crippen LogP contribution in [0, 0.1) is 0 Å². The van der Waals surface area contributed by atoms with Crippen LogP contribution in [0.4, 0.5) is 5.13 Å². The van der Waals surface area contributed by atoms with Gasteiger partial charge < -0.3 is 20.7 Å². The second-order valence-electron chi connectivity index (χ2n) is 3.56. The van der Waals surface area contributed by atoms with Gasteiger partial charge in [0.25, 0.3) is 5.91 Å². The highest BCUT2D eigenvalue weighted by molar-refractivity contribution is 7.13. The number of nitrogens with zero attached hydrogens (tertiary/aromatic N) is 3. The summed E-state index contributed by atoms with van der Waals surface area (Å²) in [7, 11) is 0. The Morgan fingerprint density at radius 3 is 3.00 bits per heavy atom. The van der Waals surface area contributed by atoms with E-state index in [1.807, 2.05) is 0 Å². The van der Waals surface area contributed by atoms with Crippen LogP contribution in [0.1, 0.15) is 16.3 Å². The van der Waals surface area contributed by atoms with Gasteiger partial charge in [0, 0.05) is 24.3 Å². The van der Waals surface area contributed by atoms with Crippen molar-refractivity contribution in [2.45, 2.75) is 6.54 Å². The minimum atomic E-state index is -0.270. The van der Waals surface area contributed by atoms with Crippen molar-refractivity contribution >= 4 is 22.4 Å². The molecule has 0 aromatic carbocycles. The highest BCUT2D eigenvalue weighted by Gasteiger charge is 2.19. The first-order valence-corrected chi connectivity index (χ1v) is 6.18. The monoisotopic (exact) mass is 267 g/mol. The molecule has 1 amide bonds. The normalized spacial score (nSPS) is 10.5. The third kappa shape index (κ3) is 2.84. The van der Waals surface area contributed by atoms with Crippen LogP contribution in [-0.4, -0.2) is 44.0 Å². The number of nitrogens with one attached hydrogen (secondary N) is 1. The second kappa shape index (κ2) is 5.61. The lowest BCUT2D eigenvalue weighted by Crippen LogP contribution is -2.33. The molecule has 0 saturated heterocycles. The molecule has 0 atom stereocenters.